The SMILES string of the molecule is CCCNC(CCC)c1ccn(CCc2cccnc2)c1. The second-order valence-electron chi connectivity index (χ2n) is 5.59. The van der Waals surface area contributed by atoms with Crippen molar-refractivity contribution in [1.29, 1.82) is 0 Å². The molecule has 0 spiro atoms. The van der Waals surface area contributed by atoms with Crippen molar-refractivity contribution in [3.63, 3.8) is 0 Å². The lowest BCUT2D eigenvalue weighted by atomic mass is 10.1. The van der Waals surface area contributed by atoms with E-state index in [1.165, 1.54) is 30.4 Å². The Kier molecular flexibility index (Phi) is 6.48. The van der Waals surface area contributed by atoms with Crippen molar-refractivity contribution in [2.24, 2.45) is 0 Å². The minimum atomic E-state index is 0.495. The van der Waals surface area contributed by atoms with E-state index in [-0.39, 0.29) is 0 Å². The largest absolute Gasteiger partial charge is 0.354 e. The average Bonchev–Trinajstić information content (AvgIpc) is 2.99. The summed E-state index contributed by atoms with van der Waals surface area (Å²) < 4.78 is 2.29. The Morgan fingerprint density at radius 3 is 2.86 bits per heavy atom. The van der Waals surface area contributed by atoms with E-state index in [0.29, 0.717) is 6.04 Å². The highest BCUT2D eigenvalue weighted by atomic mass is 15.0. The summed E-state index contributed by atoms with van der Waals surface area (Å²) >= 11 is 0. The first-order valence-corrected chi connectivity index (χ1v) is 8.11. The van der Waals surface area contributed by atoms with Crippen LogP contribution in [0.25, 0.3) is 0 Å². The predicted octanol–water partition coefficient (Wildman–Crippen LogP) is 3.97. The summed E-state index contributed by atoms with van der Waals surface area (Å²) in [6, 6.07) is 6.89. The molecule has 3 heteroatoms. The van der Waals surface area contributed by atoms with Gasteiger partial charge in [0.1, 0.15) is 0 Å². The van der Waals surface area contributed by atoms with Gasteiger partial charge in [0.15, 0.2) is 0 Å². The fourth-order valence-electron chi connectivity index (χ4n) is 2.60. The zero-order chi connectivity index (χ0) is 14.9. The molecule has 1 unspecified atom stereocenters. The maximum absolute atomic E-state index is 4.17. The fraction of sp³-hybridized carbons (Fsp3) is 0.500. The van der Waals surface area contributed by atoms with Crippen molar-refractivity contribution < 1.29 is 0 Å². The quantitative estimate of drug-likeness (QED) is 0.755. The highest BCUT2D eigenvalue weighted by Gasteiger charge is 2.10. The first-order chi connectivity index (χ1) is 10.3. The summed E-state index contributed by atoms with van der Waals surface area (Å²) in [4.78, 5) is 4.17. The molecule has 1 atom stereocenters. The van der Waals surface area contributed by atoms with E-state index in [1.54, 1.807) is 0 Å². The van der Waals surface area contributed by atoms with Gasteiger partial charge in [-0.3, -0.25) is 4.98 Å². The number of hydrogen-bond acceptors (Lipinski definition) is 2. The summed E-state index contributed by atoms with van der Waals surface area (Å²) in [5.41, 5.74) is 2.71. The molecule has 0 saturated carbocycles. The van der Waals surface area contributed by atoms with E-state index in [1.807, 2.05) is 18.5 Å². The predicted molar refractivity (Wildman–Crippen MR) is 88.3 cm³/mol. The number of aromatic nitrogens is 2. The van der Waals surface area contributed by atoms with E-state index in [2.05, 4.69) is 53.2 Å². The average molecular weight is 285 g/mol. The smallest absolute Gasteiger partial charge is 0.0335 e. The van der Waals surface area contributed by atoms with Crippen LogP contribution in [0.1, 0.15) is 50.3 Å². The lowest BCUT2D eigenvalue weighted by Crippen LogP contribution is -2.21. The Morgan fingerprint density at radius 1 is 1.24 bits per heavy atom. The van der Waals surface area contributed by atoms with Gasteiger partial charge in [-0.25, -0.2) is 0 Å². The molecule has 0 saturated heterocycles. The van der Waals surface area contributed by atoms with E-state index < -0.39 is 0 Å². The third-order valence-electron chi connectivity index (χ3n) is 3.78. The second kappa shape index (κ2) is 8.63. The van der Waals surface area contributed by atoms with Gasteiger partial charge in [-0.2, -0.15) is 0 Å². The van der Waals surface area contributed by atoms with Gasteiger partial charge < -0.3 is 9.88 Å². The van der Waals surface area contributed by atoms with Crippen LogP contribution in [0.2, 0.25) is 0 Å². The molecule has 2 aromatic rings. The first-order valence-electron chi connectivity index (χ1n) is 8.11. The zero-order valence-electron chi connectivity index (χ0n) is 13.3. The Bertz CT molecular complexity index is 504. The molecular weight excluding hydrogens is 258 g/mol. The first kappa shape index (κ1) is 15.8. The van der Waals surface area contributed by atoms with Crippen LogP contribution in [0, 0.1) is 0 Å². The highest BCUT2D eigenvalue weighted by Crippen LogP contribution is 2.19. The number of nitrogens with zero attached hydrogens (tertiary/aromatic N) is 2. The van der Waals surface area contributed by atoms with Crippen LogP contribution in [0.15, 0.2) is 43.0 Å². The molecule has 0 radical (unpaired) electrons. The number of hydrogen-bond donors (Lipinski definition) is 1. The van der Waals surface area contributed by atoms with Crippen LogP contribution in [0.5, 0.6) is 0 Å². The van der Waals surface area contributed by atoms with E-state index in [0.717, 1.165) is 19.5 Å². The van der Waals surface area contributed by atoms with E-state index >= 15 is 0 Å². The van der Waals surface area contributed by atoms with E-state index in [4.69, 9.17) is 0 Å². The molecule has 2 heterocycles. The molecule has 21 heavy (non-hydrogen) atoms. The Morgan fingerprint density at radius 2 is 2.14 bits per heavy atom. The minimum Gasteiger partial charge on any atom is -0.354 e. The molecule has 0 bridgehead atoms. The van der Waals surface area contributed by atoms with Crippen molar-refractivity contribution >= 4 is 0 Å². The molecular formula is C18H27N3. The molecule has 0 aliphatic rings. The zero-order valence-corrected chi connectivity index (χ0v) is 13.3. The fourth-order valence-corrected chi connectivity index (χ4v) is 2.60. The normalized spacial score (nSPS) is 12.5. The van der Waals surface area contributed by atoms with Crippen LogP contribution < -0.4 is 5.32 Å². The van der Waals surface area contributed by atoms with Crippen LogP contribution in [-0.2, 0) is 13.0 Å². The van der Waals surface area contributed by atoms with Crippen LogP contribution in [-0.4, -0.2) is 16.1 Å². The Balaban J connectivity index is 1.92. The van der Waals surface area contributed by atoms with Crippen molar-refractivity contribution in [3.05, 3.63) is 54.1 Å². The van der Waals surface area contributed by atoms with E-state index in [9.17, 15) is 0 Å². The van der Waals surface area contributed by atoms with Gasteiger partial charge in [0, 0.05) is 37.4 Å². The number of pyridine rings is 1. The van der Waals surface area contributed by atoms with Gasteiger partial charge in [-0.05, 0) is 49.1 Å². The molecule has 0 fully saturated rings. The van der Waals surface area contributed by atoms with Gasteiger partial charge in [0.2, 0.25) is 0 Å². The van der Waals surface area contributed by atoms with Crippen molar-refractivity contribution in [2.75, 3.05) is 6.54 Å². The monoisotopic (exact) mass is 285 g/mol. The number of nitrogens with one attached hydrogen (secondary N) is 1. The third kappa shape index (κ3) is 5.01. The second-order valence-corrected chi connectivity index (χ2v) is 5.59. The van der Waals surface area contributed by atoms with Crippen LogP contribution >= 0.6 is 0 Å². The minimum absolute atomic E-state index is 0.495. The lowest BCUT2D eigenvalue weighted by molar-refractivity contribution is 0.493. The molecule has 1 N–H and O–H groups in total. The van der Waals surface area contributed by atoms with Gasteiger partial charge in [0.05, 0.1) is 0 Å². The summed E-state index contributed by atoms with van der Waals surface area (Å²) in [5.74, 6) is 0. The van der Waals surface area contributed by atoms with Gasteiger partial charge >= 0.3 is 0 Å². The molecule has 114 valence electrons. The maximum atomic E-state index is 4.17. The van der Waals surface area contributed by atoms with Crippen molar-refractivity contribution in [3.8, 4) is 0 Å². The molecule has 3 nitrogen and oxygen atoms in total. The van der Waals surface area contributed by atoms with Gasteiger partial charge in [-0.15, -0.1) is 0 Å². The third-order valence-corrected chi connectivity index (χ3v) is 3.78. The molecule has 0 aliphatic heterocycles. The van der Waals surface area contributed by atoms with Gasteiger partial charge in [-0.1, -0.05) is 26.3 Å². The maximum Gasteiger partial charge on any atom is 0.0335 e. The van der Waals surface area contributed by atoms with Gasteiger partial charge in [0.25, 0.3) is 0 Å². The van der Waals surface area contributed by atoms with Crippen molar-refractivity contribution in [2.45, 2.75) is 52.1 Å². The Labute approximate surface area is 128 Å². The summed E-state index contributed by atoms with van der Waals surface area (Å²) in [7, 11) is 0. The number of rotatable bonds is 9. The van der Waals surface area contributed by atoms with Crippen molar-refractivity contribution in [1.82, 2.24) is 14.9 Å². The van der Waals surface area contributed by atoms with Crippen LogP contribution in [0.4, 0.5) is 0 Å². The highest BCUT2D eigenvalue weighted by molar-refractivity contribution is 5.16. The molecule has 2 aromatic heterocycles. The number of aryl methyl sites for hydroxylation is 2. The summed E-state index contributed by atoms with van der Waals surface area (Å²) in [6.45, 7) is 6.57. The molecule has 0 aromatic carbocycles. The van der Waals surface area contributed by atoms with Crippen LogP contribution in [0.3, 0.4) is 0 Å². The summed E-state index contributed by atoms with van der Waals surface area (Å²) in [5, 5.41) is 3.65. The molecule has 0 amide bonds. The molecule has 0 aliphatic carbocycles. The molecule has 2 rings (SSSR count). The Hall–Kier alpha value is -1.61. The standard InChI is InChI=1S/C18H27N3/c1-3-6-18(20-10-4-2)17-9-13-21(15-17)12-8-16-7-5-11-19-14-16/h5,7,9,11,13-15,18,20H,3-4,6,8,10,12H2,1-2H3. The lowest BCUT2D eigenvalue weighted by Gasteiger charge is -2.16. The topological polar surface area (TPSA) is 29.9 Å². The summed E-state index contributed by atoms with van der Waals surface area (Å²) in [6.07, 6.45) is 12.9.